The van der Waals surface area contributed by atoms with E-state index in [2.05, 4.69) is 26.1 Å². The molecule has 0 bridgehead atoms. The second kappa shape index (κ2) is 3.08. The van der Waals surface area contributed by atoms with Gasteiger partial charge in [0.1, 0.15) is 5.82 Å². The predicted octanol–water partition coefficient (Wildman–Crippen LogP) is 1.96. The van der Waals surface area contributed by atoms with E-state index in [0.717, 1.165) is 5.39 Å². The second-order valence-corrected chi connectivity index (χ2v) is 3.50. The maximum atomic E-state index is 13.0. The zero-order valence-corrected chi connectivity index (χ0v) is 8.10. The minimum absolute atomic E-state index is 0.130. The Bertz CT molecular complexity index is 455. The average molecular weight is 245 g/mol. The van der Waals surface area contributed by atoms with Crippen molar-refractivity contribution in [2.45, 2.75) is 6.61 Å². The minimum atomic E-state index is -0.358. The smallest absolute Gasteiger partial charge is 0.139 e. The fraction of sp³-hybridized carbons (Fsp3) is 0.125. The van der Waals surface area contributed by atoms with Crippen LogP contribution in [0.1, 0.15) is 5.69 Å². The van der Waals surface area contributed by atoms with Gasteiger partial charge >= 0.3 is 0 Å². The van der Waals surface area contributed by atoms with Crippen LogP contribution in [0.4, 0.5) is 4.39 Å². The number of rotatable bonds is 1. The van der Waals surface area contributed by atoms with Gasteiger partial charge in [-0.25, -0.2) is 4.39 Å². The zero-order valence-electron chi connectivity index (χ0n) is 6.51. The Morgan fingerprint density at radius 1 is 1.54 bits per heavy atom. The highest BCUT2D eigenvalue weighted by Crippen LogP contribution is 2.23. The Labute approximate surface area is 81.7 Å². The fourth-order valence-corrected chi connectivity index (χ4v) is 1.52. The Morgan fingerprint density at radius 2 is 2.31 bits per heavy atom. The monoisotopic (exact) mass is 244 g/mol. The third-order valence-electron chi connectivity index (χ3n) is 1.83. The molecule has 1 heterocycles. The SMILES string of the molecule is OCc1[nH]nc2cc(F)c(Br)cc12. The van der Waals surface area contributed by atoms with Crippen LogP contribution >= 0.6 is 15.9 Å². The van der Waals surface area contributed by atoms with E-state index in [1.807, 2.05) is 0 Å². The molecule has 3 nitrogen and oxygen atoms in total. The van der Waals surface area contributed by atoms with Crippen molar-refractivity contribution < 1.29 is 9.50 Å². The van der Waals surface area contributed by atoms with Crippen molar-refractivity contribution >= 4 is 26.8 Å². The summed E-state index contributed by atoms with van der Waals surface area (Å²) < 4.78 is 13.4. The van der Waals surface area contributed by atoms with Crippen LogP contribution in [0.3, 0.4) is 0 Å². The van der Waals surface area contributed by atoms with Crippen molar-refractivity contribution in [2.75, 3.05) is 0 Å². The van der Waals surface area contributed by atoms with E-state index < -0.39 is 0 Å². The van der Waals surface area contributed by atoms with E-state index >= 15 is 0 Å². The van der Waals surface area contributed by atoms with Crippen molar-refractivity contribution in [3.8, 4) is 0 Å². The maximum Gasteiger partial charge on any atom is 0.139 e. The van der Waals surface area contributed by atoms with Crippen molar-refractivity contribution in [1.82, 2.24) is 10.2 Å². The molecule has 0 saturated carbocycles. The van der Waals surface area contributed by atoms with E-state index in [-0.39, 0.29) is 12.4 Å². The largest absolute Gasteiger partial charge is 0.390 e. The molecule has 0 unspecified atom stereocenters. The molecular formula is C8H6BrFN2O. The van der Waals surface area contributed by atoms with Crippen LogP contribution in [-0.4, -0.2) is 15.3 Å². The standard InChI is InChI=1S/C8H6BrFN2O/c9-5-1-4-7(2-6(5)10)11-12-8(4)3-13/h1-2,13H,3H2,(H,11,12). The van der Waals surface area contributed by atoms with Gasteiger partial charge in [0.15, 0.2) is 0 Å². The Kier molecular flexibility index (Phi) is 2.05. The molecule has 0 spiro atoms. The van der Waals surface area contributed by atoms with E-state index in [1.165, 1.54) is 6.07 Å². The van der Waals surface area contributed by atoms with Crippen LogP contribution in [0.25, 0.3) is 10.9 Å². The van der Waals surface area contributed by atoms with Crippen LogP contribution in [-0.2, 0) is 6.61 Å². The Hall–Kier alpha value is -0.940. The number of H-pyrrole nitrogens is 1. The highest BCUT2D eigenvalue weighted by molar-refractivity contribution is 9.10. The molecule has 0 aliphatic rings. The molecule has 1 aromatic carbocycles. The molecular weight excluding hydrogens is 239 g/mol. The third-order valence-corrected chi connectivity index (χ3v) is 2.44. The van der Waals surface area contributed by atoms with Crippen molar-refractivity contribution in [3.05, 3.63) is 28.1 Å². The van der Waals surface area contributed by atoms with E-state index in [4.69, 9.17) is 5.11 Å². The summed E-state index contributed by atoms with van der Waals surface area (Å²) >= 11 is 3.07. The molecule has 0 fully saturated rings. The Morgan fingerprint density at radius 3 is 3.00 bits per heavy atom. The van der Waals surface area contributed by atoms with Gasteiger partial charge < -0.3 is 5.11 Å². The first-order chi connectivity index (χ1) is 6.22. The lowest BCUT2D eigenvalue weighted by atomic mass is 10.2. The van der Waals surface area contributed by atoms with Gasteiger partial charge in [0.25, 0.3) is 0 Å². The van der Waals surface area contributed by atoms with Gasteiger partial charge in [-0.05, 0) is 22.0 Å². The normalized spacial score (nSPS) is 11.0. The van der Waals surface area contributed by atoms with Crippen LogP contribution < -0.4 is 0 Å². The predicted molar refractivity (Wildman–Crippen MR) is 49.7 cm³/mol. The van der Waals surface area contributed by atoms with E-state index in [9.17, 15) is 4.39 Å². The van der Waals surface area contributed by atoms with Gasteiger partial charge in [0.05, 0.1) is 22.3 Å². The molecule has 0 radical (unpaired) electrons. The lowest BCUT2D eigenvalue weighted by Crippen LogP contribution is -1.83. The molecule has 5 heteroatoms. The molecule has 0 atom stereocenters. The van der Waals surface area contributed by atoms with Crippen molar-refractivity contribution in [3.63, 3.8) is 0 Å². The van der Waals surface area contributed by atoms with Gasteiger partial charge in [-0.3, -0.25) is 5.10 Å². The molecule has 2 rings (SSSR count). The summed E-state index contributed by atoms with van der Waals surface area (Å²) in [6.45, 7) is -0.130. The highest BCUT2D eigenvalue weighted by atomic mass is 79.9. The van der Waals surface area contributed by atoms with Gasteiger partial charge in [-0.15, -0.1) is 0 Å². The summed E-state index contributed by atoms with van der Waals surface area (Å²) in [6.07, 6.45) is 0. The summed E-state index contributed by atoms with van der Waals surface area (Å²) in [7, 11) is 0. The average Bonchev–Trinajstić information content (AvgIpc) is 2.48. The van der Waals surface area contributed by atoms with Crippen LogP contribution in [0, 0.1) is 5.82 Å². The van der Waals surface area contributed by atoms with Crippen LogP contribution in [0.2, 0.25) is 0 Å². The number of fused-ring (bicyclic) bond motifs is 1. The summed E-state index contributed by atoms with van der Waals surface area (Å²) in [5.74, 6) is -0.358. The molecule has 0 saturated heterocycles. The van der Waals surface area contributed by atoms with E-state index in [1.54, 1.807) is 6.07 Å². The van der Waals surface area contributed by atoms with Crippen LogP contribution in [0.15, 0.2) is 16.6 Å². The minimum Gasteiger partial charge on any atom is -0.390 e. The number of nitrogens with zero attached hydrogens (tertiary/aromatic N) is 1. The molecule has 0 aliphatic carbocycles. The number of aliphatic hydroxyl groups is 1. The molecule has 0 aliphatic heterocycles. The zero-order chi connectivity index (χ0) is 9.42. The molecule has 0 amide bonds. The summed E-state index contributed by atoms with van der Waals surface area (Å²) in [6, 6.07) is 2.91. The topological polar surface area (TPSA) is 48.9 Å². The fourth-order valence-electron chi connectivity index (χ4n) is 1.18. The van der Waals surface area contributed by atoms with Crippen molar-refractivity contribution in [1.29, 1.82) is 0 Å². The number of aromatic nitrogens is 2. The summed E-state index contributed by atoms with van der Waals surface area (Å²) in [5.41, 5.74) is 1.11. The van der Waals surface area contributed by atoms with Gasteiger partial charge in [0, 0.05) is 11.5 Å². The summed E-state index contributed by atoms with van der Waals surface area (Å²) in [4.78, 5) is 0. The molecule has 2 N–H and O–H groups in total. The van der Waals surface area contributed by atoms with Gasteiger partial charge in [-0.1, -0.05) is 0 Å². The van der Waals surface area contributed by atoms with Crippen molar-refractivity contribution in [2.24, 2.45) is 0 Å². The lowest BCUT2D eigenvalue weighted by molar-refractivity contribution is 0.278. The first kappa shape index (κ1) is 8.65. The number of benzene rings is 1. The lowest BCUT2D eigenvalue weighted by Gasteiger charge is -1.94. The number of nitrogens with one attached hydrogen (secondary N) is 1. The molecule has 68 valence electrons. The van der Waals surface area contributed by atoms with Gasteiger partial charge in [0.2, 0.25) is 0 Å². The first-order valence-corrected chi connectivity index (χ1v) is 4.44. The number of aliphatic hydroxyl groups excluding tert-OH is 1. The number of hydrogen-bond acceptors (Lipinski definition) is 2. The molecule has 1 aromatic heterocycles. The molecule has 2 aromatic rings. The quantitative estimate of drug-likeness (QED) is 0.806. The van der Waals surface area contributed by atoms with E-state index in [0.29, 0.717) is 15.7 Å². The maximum absolute atomic E-state index is 13.0. The second-order valence-electron chi connectivity index (χ2n) is 2.64. The van der Waals surface area contributed by atoms with Crippen LogP contribution in [0.5, 0.6) is 0 Å². The first-order valence-electron chi connectivity index (χ1n) is 3.65. The Balaban J connectivity index is 2.77. The number of halogens is 2. The highest BCUT2D eigenvalue weighted by Gasteiger charge is 2.07. The number of aromatic amines is 1. The third kappa shape index (κ3) is 1.34. The number of hydrogen-bond donors (Lipinski definition) is 2. The summed E-state index contributed by atoms with van der Waals surface area (Å²) in [5, 5.41) is 16.1. The van der Waals surface area contributed by atoms with Gasteiger partial charge in [-0.2, -0.15) is 5.10 Å². The molecule has 13 heavy (non-hydrogen) atoms.